The van der Waals surface area contributed by atoms with E-state index in [1.54, 1.807) is 19.2 Å². The molecule has 31 heavy (non-hydrogen) atoms. The van der Waals surface area contributed by atoms with Crippen LogP contribution < -0.4 is 15.9 Å². The molecule has 0 amide bonds. The molecule has 3 aromatic rings. The van der Waals surface area contributed by atoms with Gasteiger partial charge in [0.2, 0.25) is 5.13 Å². The van der Waals surface area contributed by atoms with Gasteiger partial charge < -0.3 is 15.3 Å². The number of nitrogens with one attached hydrogen (secondary N) is 1. The van der Waals surface area contributed by atoms with Gasteiger partial charge in [-0.25, -0.2) is 14.2 Å². The monoisotopic (exact) mass is 443 g/mol. The molecule has 3 aliphatic rings. The average molecular weight is 444 g/mol. The number of halogens is 1. The summed E-state index contributed by atoms with van der Waals surface area (Å²) >= 11 is 1.31. The first-order valence-electron chi connectivity index (χ1n) is 10.1. The standard InChI is InChI=1S/C20H22FN7O2S/c1-27-9-23-17(24-19(27)30)10-3-5-12(14(29)7-10)18-25-26-20(31-18)28(2)16-11-4-6-13(15(16)21)22-8-11/h3,5,7,9,11,13,15-16,22,29H,4,6,8H2,1-2H3/t11?,13?,15-,16-/m1/s1. The number of hydrogen-bond acceptors (Lipinski definition) is 9. The summed E-state index contributed by atoms with van der Waals surface area (Å²) in [5.41, 5.74) is 0.600. The number of phenols is 1. The summed E-state index contributed by atoms with van der Waals surface area (Å²) in [6.07, 6.45) is 2.31. The third-order valence-electron chi connectivity index (χ3n) is 6.19. The summed E-state index contributed by atoms with van der Waals surface area (Å²) in [7, 11) is 3.43. The Labute approximate surface area is 181 Å². The lowest BCUT2D eigenvalue weighted by Gasteiger charge is -2.48. The van der Waals surface area contributed by atoms with E-state index in [-0.39, 0.29) is 29.6 Å². The second kappa shape index (κ2) is 7.65. The molecule has 2 aromatic heterocycles. The molecule has 9 nitrogen and oxygen atoms in total. The second-order valence-electron chi connectivity index (χ2n) is 8.09. The number of aromatic nitrogens is 5. The molecule has 162 valence electrons. The predicted molar refractivity (Wildman–Crippen MR) is 115 cm³/mol. The van der Waals surface area contributed by atoms with Crippen molar-refractivity contribution in [3.8, 4) is 27.7 Å². The topological polar surface area (TPSA) is 109 Å². The number of phenolic OH excluding ortho intramolecular Hbond substituents is 1. The number of benzene rings is 1. The summed E-state index contributed by atoms with van der Waals surface area (Å²) in [4.78, 5) is 21.7. The van der Waals surface area contributed by atoms with Crippen LogP contribution >= 0.6 is 11.3 Å². The molecule has 4 atom stereocenters. The number of anilines is 1. The van der Waals surface area contributed by atoms with E-state index in [9.17, 15) is 14.3 Å². The molecule has 0 spiro atoms. The molecule has 2 unspecified atom stereocenters. The van der Waals surface area contributed by atoms with Crippen LogP contribution in [0.1, 0.15) is 12.8 Å². The van der Waals surface area contributed by atoms with E-state index >= 15 is 0 Å². The minimum Gasteiger partial charge on any atom is -0.507 e. The Hall–Kier alpha value is -2.92. The zero-order valence-corrected chi connectivity index (χ0v) is 17.9. The summed E-state index contributed by atoms with van der Waals surface area (Å²) in [6.45, 7) is 0.818. The summed E-state index contributed by atoms with van der Waals surface area (Å²) in [5, 5.41) is 23.5. The van der Waals surface area contributed by atoms with Gasteiger partial charge in [-0.3, -0.25) is 4.57 Å². The van der Waals surface area contributed by atoms with Gasteiger partial charge >= 0.3 is 5.69 Å². The first kappa shape index (κ1) is 20.0. The number of rotatable bonds is 4. The second-order valence-corrected chi connectivity index (χ2v) is 9.05. The zero-order valence-electron chi connectivity index (χ0n) is 17.1. The van der Waals surface area contributed by atoms with E-state index in [1.165, 1.54) is 28.3 Å². The molecule has 2 aliphatic heterocycles. The van der Waals surface area contributed by atoms with E-state index in [4.69, 9.17) is 0 Å². The Morgan fingerprint density at radius 3 is 2.84 bits per heavy atom. The van der Waals surface area contributed by atoms with Crippen LogP contribution in [0.15, 0.2) is 29.3 Å². The highest BCUT2D eigenvalue weighted by Crippen LogP contribution is 2.40. The molecular weight excluding hydrogens is 421 g/mol. The molecule has 0 radical (unpaired) electrons. The van der Waals surface area contributed by atoms with Crippen molar-refractivity contribution >= 4 is 16.5 Å². The molecular formula is C20H22FN7O2S. The average Bonchev–Trinajstić information content (AvgIpc) is 3.26. The molecule has 2 bridgehead atoms. The maximum atomic E-state index is 14.9. The number of hydrogen-bond donors (Lipinski definition) is 2. The molecule has 11 heteroatoms. The lowest BCUT2D eigenvalue weighted by Crippen LogP contribution is -2.64. The fourth-order valence-electron chi connectivity index (χ4n) is 4.47. The van der Waals surface area contributed by atoms with Crippen molar-refractivity contribution in [2.45, 2.75) is 31.1 Å². The van der Waals surface area contributed by atoms with E-state index in [2.05, 4.69) is 25.5 Å². The molecule has 4 heterocycles. The maximum Gasteiger partial charge on any atom is 0.350 e. The zero-order chi connectivity index (χ0) is 21.7. The van der Waals surface area contributed by atoms with Crippen molar-refractivity contribution in [1.82, 2.24) is 30.0 Å². The van der Waals surface area contributed by atoms with E-state index in [1.807, 2.05) is 11.9 Å². The van der Waals surface area contributed by atoms with Crippen molar-refractivity contribution in [3.05, 3.63) is 35.0 Å². The Bertz CT molecular complexity index is 1170. The third-order valence-corrected chi connectivity index (χ3v) is 7.24. The third kappa shape index (κ3) is 3.47. The van der Waals surface area contributed by atoms with Gasteiger partial charge in [-0.2, -0.15) is 4.98 Å². The normalized spacial score (nSPS) is 25.0. The molecule has 6 rings (SSSR count). The van der Waals surface area contributed by atoms with Crippen LogP contribution in [0, 0.1) is 5.92 Å². The van der Waals surface area contributed by atoms with Gasteiger partial charge in [0, 0.05) is 32.2 Å². The number of fused-ring (bicyclic) bond motifs is 3. The number of nitrogens with zero attached hydrogens (tertiary/aromatic N) is 6. The largest absolute Gasteiger partial charge is 0.507 e. The molecule has 2 N–H and O–H groups in total. The molecule has 2 saturated heterocycles. The number of aryl methyl sites for hydroxylation is 1. The van der Waals surface area contributed by atoms with Crippen molar-refractivity contribution in [2.75, 3.05) is 18.5 Å². The summed E-state index contributed by atoms with van der Waals surface area (Å²) in [5.74, 6) is 0.456. The number of piperidine rings is 2. The number of alkyl halides is 1. The van der Waals surface area contributed by atoms with Gasteiger partial charge in [-0.15, -0.1) is 10.2 Å². The van der Waals surface area contributed by atoms with Gasteiger partial charge in [0.15, 0.2) is 10.8 Å². The van der Waals surface area contributed by atoms with Crippen LogP contribution in [0.2, 0.25) is 0 Å². The smallest absolute Gasteiger partial charge is 0.350 e. The maximum absolute atomic E-state index is 14.9. The first-order chi connectivity index (χ1) is 14.9. The van der Waals surface area contributed by atoms with Crippen LogP contribution in [0.3, 0.4) is 0 Å². The minimum atomic E-state index is -0.948. The first-order valence-corrected chi connectivity index (χ1v) is 10.9. The fraction of sp³-hybridized carbons (Fsp3) is 0.450. The van der Waals surface area contributed by atoms with Crippen molar-refractivity contribution in [1.29, 1.82) is 0 Å². The van der Waals surface area contributed by atoms with E-state index in [0.717, 1.165) is 19.4 Å². The highest BCUT2D eigenvalue weighted by Gasteiger charge is 2.46. The summed E-state index contributed by atoms with van der Waals surface area (Å²) in [6, 6.07) is 4.59. The van der Waals surface area contributed by atoms with Crippen LogP contribution in [-0.4, -0.2) is 61.7 Å². The fourth-order valence-corrected chi connectivity index (χ4v) is 5.35. The Morgan fingerprint density at radius 1 is 1.32 bits per heavy atom. The number of aromatic hydroxyl groups is 1. The SMILES string of the molecule is CN(c1nnc(-c2ccc(-c3ncn(C)c(=O)n3)cc2O)s1)[C@@H]1C2CCC(NC2)[C@H]1F. The van der Waals surface area contributed by atoms with Crippen LogP contribution in [0.5, 0.6) is 5.75 Å². The van der Waals surface area contributed by atoms with Crippen LogP contribution in [0.25, 0.3) is 22.0 Å². The van der Waals surface area contributed by atoms with Gasteiger partial charge in [0.05, 0.1) is 11.6 Å². The van der Waals surface area contributed by atoms with E-state index < -0.39 is 11.9 Å². The van der Waals surface area contributed by atoms with Gasteiger partial charge in [0.1, 0.15) is 18.2 Å². The lowest BCUT2D eigenvalue weighted by molar-refractivity contribution is 0.0705. The minimum absolute atomic E-state index is 0.0172. The summed E-state index contributed by atoms with van der Waals surface area (Å²) < 4.78 is 16.2. The lowest BCUT2D eigenvalue weighted by atomic mass is 9.75. The molecule has 1 aliphatic carbocycles. The highest BCUT2D eigenvalue weighted by atomic mass is 32.1. The highest BCUT2D eigenvalue weighted by molar-refractivity contribution is 7.18. The Morgan fingerprint density at radius 2 is 2.16 bits per heavy atom. The van der Waals surface area contributed by atoms with Crippen LogP contribution in [-0.2, 0) is 7.05 Å². The molecule has 1 aromatic carbocycles. The molecule has 3 fully saturated rings. The Balaban J connectivity index is 1.40. The van der Waals surface area contributed by atoms with Gasteiger partial charge in [0.25, 0.3) is 0 Å². The Kier molecular flexibility index (Phi) is 4.94. The van der Waals surface area contributed by atoms with Gasteiger partial charge in [-0.1, -0.05) is 17.4 Å². The van der Waals surface area contributed by atoms with Crippen molar-refractivity contribution in [2.24, 2.45) is 13.0 Å². The predicted octanol–water partition coefficient (Wildman–Crippen LogP) is 1.59. The van der Waals surface area contributed by atoms with Crippen molar-refractivity contribution < 1.29 is 9.50 Å². The van der Waals surface area contributed by atoms with Crippen LogP contribution in [0.4, 0.5) is 9.52 Å². The van der Waals surface area contributed by atoms with Gasteiger partial charge in [-0.05, 0) is 30.9 Å². The molecule has 1 saturated carbocycles. The van der Waals surface area contributed by atoms with E-state index in [0.29, 0.717) is 21.3 Å². The van der Waals surface area contributed by atoms with Crippen molar-refractivity contribution in [3.63, 3.8) is 0 Å². The quantitative estimate of drug-likeness (QED) is 0.626.